The Morgan fingerprint density at radius 3 is 2.26 bits per heavy atom. The molecule has 0 heterocycles. The molecule has 100 valence electrons. The molecule has 2 aromatic carbocycles. The number of halogens is 1. The van der Waals surface area contributed by atoms with Crippen molar-refractivity contribution in [2.45, 2.75) is 13.0 Å². The second-order valence-corrected chi connectivity index (χ2v) is 5.16. The third-order valence-electron chi connectivity index (χ3n) is 2.75. The summed E-state index contributed by atoms with van der Waals surface area (Å²) in [6.07, 6.45) is 0. The van der Waals surface area contributed by atoms with E-state index in [0.717, 1.165) is 27.3 Å². The molecule has 2 aromatic rings. The van der Waals surface area contributed by atoms with Gasteiger partial charge in [0, 0.05) is 16.1 Å². The fourth-order valence-electron chi connectivity index (χ4n) is 1.74. The van der Waals surface area contributed by atoms with Gasteiger partial charge >= 0.3 is 0 Å². The number of hydrogen-bond acceptors (Lipinski definition) is 3. The molecule has 1 atom stereocenters. The van der Waals surface area contributed by atoms with Crippen LogP contribution < -0.4 is 15.2 Å². The van der Waals surface area contributed by atoms with Crippen molar-refractivity contribution in [3.05, 3.63) is 52.5 Å². The van der Waals surface area contributed by atoms with E-state index in [1.807, 2.05) is 49.4 Å². The van der Waals surface area contributed by atoms with Crippen molar-refractivity contribution in [3.63, 3.8) is 0 Å². The van der Waals surface area contributed by atoms with Gasteiger partial charge in [0.2, 0.25) is 0 Å². The van der Waals surface area contributed by atoms with Crippen LogP contribution in [0.4, 0.5) is 0 Å². The van der Waals surface area contributed by atoms with Gasteiger partial charge in [-0.3, -0.25) is 0 Å². The van der Waals surface area contributed by atoms with Gasteiger partial charge in [-0.1, -0.05) is 22.0 Å². The van der Waals surface area contributed by atoms with Crippen LogP contribution in [0.15, 0.2) is 46.9 Å². The quantitative estimate of drug-likeness (QED) is 0.914. The minimum absolute atomic E-state index is 0.0821. The molecule has 0 bridgehead atoms. The third kappa shape index (κ3) is 3.49. The van der Waals surface area contributed by atoms with Crippen LogP contribution in [0.5, 0.6) is 17.2 Å². The molecule has 3 nitrogen and oxygen atoms in total. The molecule has 0 aromatic heterocycles. The Balaban J connectivity index is 2.28. The molecule has 1 unspecified atom stereocenters. The van der Waals surface area contributed by atoms with E-state index in [4.69, 9.17) is 15.2 Å². The first-order valence-electron chi connectivity index (χ1n) is 5.97. The highest BCUT2D eigenvalue weighted by Gasteiger charge is 2.09. The summed E-state index contributed by atoms with van der Waals surface area (Å²) in [6.45, 7) is 1.93. The van der Waals surface area contributed by atoms with Crippen LogP contribution in [0, 0.1) is 0 Å². The van der Waals surface area contributed by atoms with E-state index in [9.17, 15) is 0 Å². The van der Waals surface area contributed by atoms with E-state index in [1.165, 1.54) is 0 Å². The van der Waals surface area contributed by atoms with Crippen LogP contribution in [0.2, 0.25) is 0 Å². The number of hydrogen-bond donors (Lipinski definition) is 1. The summed E-state index contributed by atoms with van der Waals surface area (Å²) in [5, 5.41) is 0. The summed E-state index contributed by atoms with van der Waals surface area (Å²) < 4.78 is 12.0. The molecular weight excluding hydrogens is 306 g/mol. The van der Waals surface area contributed by atoms with E-state index in [-0.39, 0.29) is 6.04 Å². The zero-order valence-corrected chi connectivity index (χ0v) is 12.5. The van der Waals surface area contributed by atoms with Crippen molar-refractivity contribution in [1.82, 2.24) is 0 Å². The molecule has 0 saturated carbocycles. The monoisotopic (exact) mass is 321 g/mol. The normalized spacial score (nSPS) is 12.0. The number of ether oxygens (including phenoxy) is 2. The molecule has 0 spiro atoms. The molecular formula is C15H16BrNO2. The molecule has 2 rings (SSSR count). The Morgan fingerprint density at radius 2 is 1.68 bits per heavy atom. The number of rotatable bonds is 4. The molecule has 0 fully saturated rings. The average molecular weight is 322 g/mol. The first-order valence-corrected chi connectivity index (χ1v) is 6.76. The Hall–Kier alpha value is -1.52. The van der Waals surface area contributed by atoms with Crippen molar-refractivity contribution < 1.29 is 9.47 Å². The fraction of sp³-hybridized carbons (Fsp3) is 0.200. The van der Waals surface area contributed by atoms with E-state index in [1.54, 1.807) is 7.11 Å². The van der Waals surface area contributed by atoms with Crippen LogP contribution in [0.1, 0.15) is 18.5 Å². The van der Waals surface area contributed by atoms with Gasteiger partial charge in [-0.2, -0.15) is 0 Å². The number of benzene rings is 2. The Morgan fingerprint density at radius 1 is 1.05 bits per heavy atom. The highest BCUT2D eigenvalue weighted by atomic mass is 79.9. The topological polar surface area (TPSA) is 44.5 Å². The minimum atomic E-state index is -0.0821. The van der Waals surface area contributed by atoms with Crippen LogP contribution >= 0.6 is 15.9 Å². The maximum atomic E-state index is 5.95. The molecule has 0 radical (unpaired) electrons. The highest BCUT2D eigenvalue weighted by Crippen LogP contribution is 2.32. The molecule has 4 heteroatoms. The van der Waals surface area contributed by atoms with Crippen molar-refractivity contribution in [3.8, 4) is 17.2 Å². The summed E-state index contributed by atoms with van der Waals surface area (Å²) in [4.78, 5) is 0. The molecule has 19 heavy (non-hydrogen) atoms. The van der Waals surface area contributed by atoms with E-state index >= 15 is 0 Å². The highest BCUT2D eigenvalue weighted by molar-refractivity contribution is 9.10. The van der Waals surface area contributed by atoms with Gasteiger partial charge in [0.15, 0.2) is 0 Å². The van der Waals surface area contributed by atoms with Crippen LogP contribution in [0.3, 0.4) is 0 Å². The standard InChI is InChI=1S/C15H16BrNO2/c1-10(17)14-8-3-11(16)9-15(14)19-13-6-4-12(18-2)5-7-13/h3-10H,17H2,1-2H3. The van der Waals surface area contributed by atoms with Crippen molar-refractivity contribution in [2.24, 2.45) is 5.73 Å². The zero-order valence-electron chi connectivity index (χ0n) is 10.9. The molecule has 0 saturated heterocycles. The lowest BCUT2D eigenvalue weighted by molar-refractivity contribution is 0.412. The predicted octanol–water partition coefficient (Wildman–Crippen LogP) is 4.27. The van der Waals surface area contributed by atoms with Crippen molar-refractivity contribution in [1.29, 1.82) is 0 Å². The maximum Gasteiger partial charge on any atom is 0.133 e. The van der Waals surface area contributed by atoms with Gasteiger partial charge in [-0.15, -0.1) is 0 Å². The Bertz CT molecular complexity index is 553. The van der Waals surface area contributed by atoms with Crippen molar-refractivity contribution in [2.75, 3.05) is 7.11 Å². The van der Waals surface area contributed by atoms with Crippen LogP contribution in [-0.4, -0.2) is 7.11 Å². The van der Waals surface area contributed by atoms with Gasteiger partial charge < -0.3 is 15.2 Å². The van der Waals surface area contributed by atoms with Gasteiger partial charge in [0.05, 0.1) is 7.11 Å². The van der Waals surface area contributed by atoms with Gasteiger partial charge in [0.1, 0.15) is 17.2 Å². The maximum absolute atomic E-state index is 5.95. The lowest BCUT2D eigenvalue weighted by Crippen LogP contribution is -2.06. The van der Waals surface area contributed by atoms with E-state index < -0.39 is 0 Å². The first-order chi connectivity index (χ1) is 9.10. The number of nitrogens with two attached hydrogens (primary N) is 1. The van der Waals surface area contributed by atoms with E-state index in [2.05, 4.69) is 15.9 Å². The minimum Gasteiger partial charge on any atom is -0.497 e. The van der Waals surface area contributed by atoms with Crippen molar-refractivity contribution >= 4 is 15.9 Å². The lowest BCUT2D eigenvalue weighted by Gasteiger charge is -2.14. The molecule has 0 aliphatic carbocycles. The summed E-state index contributed by atoms with van der Waals surface area (Å²) in [7, 11) is 1.64. The van der Waals surface area contributed by atoms with Crippen LogP contribution in [0.25, 0.3) is 0 Å². The SMILES string of the molecule is COc1ccc(Oc2cc(Br)ccc2C(C)N)cc1. The summed E-state index contributed by atoms with van der Waals surface area (Å²) in [6, 6.07) is 13.2. The molecule has 0 aliphatic heterocycles. The Labute approximate surface area is 121 Å². The second kappa shape index (κ2) is 6.08. The Kier molecular flexibility index (Phi) is 4.45. The molecule has 0 aliphatic rings. The third-order valence-corrected chi connectivity index (χ3v) is 3.25. The molecule has 2 N–H and O–H groups in total. The van der Waals surface area contributed by atoms with E-state index in [0.29, 0.717) is 0 Å². The first kappa shape index (κ1) is 13.9. The average Bonchev–Trinajstić information content (AvgIpc) is 2.39. The summed E-state index contributed by atoms with van der Waals surface area (Å²) in [5.74, 6) is 2.31. The predicted molar refractivity (Wildman–Crippen MR) is 79.8 cm³/mol. The second-order valence-electron chi connectivity index (χ2n) is 4.25. The van der Waals surface area contributed by atoms with Gasteiger partial charge in [0.25, 0.3) is 0 Å². The zero-order chi connectivity index (χ0) is 13.8. The smallest absolute Gasteiger partial charge is 0.133 e. The number of methoxy groups -OCH3 is 1. The van der Waals surface area contributed by atoms with Crippen LogP contribution in [-0.2, 0) is 0 Å². The largest absolute Gasteiger partial charge is 0.497 e. The molecule has 0 amide bonds. The lowest BCUT2D eigenvalue weighted by atomic mass is 10.1. The van der Waals surface area contributed by atoms with Gasteiger partial charge in [-0.25, -0.2) is 0 Å². The summed E-state index contributed by atoms with van der Waals surface area (Å²) in [5.41, 5.74) is 6.92. The fourth-order valence-corrected chi connectivity index (χ4v) is 2.08. The summed E-state index contributed by atoms with van der Waals surface area (Å²) >= 11 is 3.44. The van der Waals surface area contributed by atoms with Gasteiger partial charge in [-0.05, 0) is 43.3 Å².